The van der Waals surface area contributed by atoms with Crippen molar-refractivity contribution < 1.29 is 0 Å². The van der Waals surface area contributed by atoms with Gasteiger partial charge in [0, 0.05) is 19.2 Å². The molecular weight excluding hydrogens is 170 g/mol. The third kappa shape index (κ3) is 1.95. The van der Waals surface area contributed by atoms with E-state index in [-0.39, 0.29) is 0 Å². The normalized spacial score (nSPS) is 9.17. The van der Waals surface area contributed by atoms with Crippen LogP contribution in [-0.2, 0) is 7.05 Å². The summed E-state index contributed by atoms with van der Waals surface area (Å²) >= 11 is 4.04. The number of anilines is 1. The molecule has 1 aromatic rings. The maximum atomic E-state index is 5.66. The van der Waals surface area contributed by atoms with E-state index in [1.165, 1.54) is 0 Å². The molecule has 1 heterocycles. The molecule has 0 bridgehead atoms. The molecule has 3 nitrogen and oxygen atoms in total. The Morgan fingerprint density at radius 2 is 2.50 bits per heavy atom. The van der Waals surface area contributed by atoms with Crippen molar-refractivity contribution in [3.05, 3.63) is 11.8 Å². The van der Waals surface area contributed by atoms with Gasteiger partial charge in [0.1, 0.15) is 5.82 Å². The van der Waals surface area contributed by atoms with Crippen LogP contribution in [0.25, 0.3) is 0 Å². The average molecular weight is 181 g/mol. The molecule has 2 N–H and O–H groups in total. The molecule has 12 heavy (non-hydrogen) atoms. The van der Waals surface area contributed by atoms with Crippen molar-refractivity contribution in [2.75, 3.05) is 11.5 Å². The highest BCUT2D eigenvalue weighted by atomic mass is 32.1. The second-order valence-electron chi connectivity index (χ2n) is 2.34. The highest BCUT2D eigenvalue weighted by Gasteiger charge is 1.98. The van der Waals surface area contributed by atoms with Gasteiger partial charge >= 0.3 is 0 Å². The summed E-state index contributed by atoms with van der Waals surface area (Å²) in [4.78, 5) is 0. The van der Waals surface area contributed by atoms with E-state index in [9.17, 15) is 0 Å². The van der Waals surface area contributed by atoms with E-state index >= 15 is 0 Å². The second kappa shape index (κ2) is 4.07. The lowest BCUT2D eigenvalue weighted by atomic mass is 10.3. The third-order valence-corrected chi connectivity index (χ3v) is 1.67. The molecule has 0 aliphatic rings. The van der Waals surface area contributed by atoms with Gasteiger partial charge in [-0.1, -0.05) is 11.8 Å². The molecule has 1 aromatic heterocycles. The molecule has 0 saturated heterocycles. The number of hydrogen-bond donors (Lipinski definition) is 2. The Morgan fingerprint density at radius 1 is 1.75 bits per heavy atom. The summed E-state index contributed by atoms with van der Waals surface area (Å²) in [6, 6.07) is 0. The minimum absolute atomic E-state index is 0.613. The maximum absolute atomic E-state index is 5.66. The van der Waals surface area contributed by atoms with Gasteiger partial charge in [-0.3, -0.25) is 4.68 Å². The first-order valence-electron chi connectivity index (χ1n) is 3.63. The third-order valence-electron chi connectivity index (χ3n) is 1.44. The van der Waals surface area contributed by atoms with Crippen molar-refractivity contribution in [2.45, 2.75) is 6.42 Å². The zero-order valence-corrected chi connectivity index (χ0v) is 7.80. The minimum Gasteiger partial charge on any atom is -0.383 e. The van der Waals surface area contributed by atoms with Crippen molar-refractivity contribution in [3.63, 3.8) is 0 Å². The van der Waals surface area contributed by atoms with Crippen LogP contribution in [0.4, 0.5) is 5.82 Å². The summed E-state index contributed by atoms with van der Waals surface area (Å²) in [6.45, 7) is 0. The van der Waals surface area contributed by atoms with Gasteiger partial charge in [0.15, 0.2) is 0 Å². The lowest BCUT2D eigenvalue weighted by Gasteiger charge is -1.91. The number of aromatic nitrogens is 2. The molecule has 4 heteroatoms. The Labute approximate surface area is 77.4 Å². The van der Waals surface area contributed by atoms with Crippen LogP contribution in [0.3, 0.4) is 0 Å². The average Bonchev–Trinajstić information content (AvgIpc) is 2.36. The molecule has 64 valence electrons. The van der Waals surface area contributed by atoms with Crippen molar-refractivity contribution in [3.8, 4) is 11.8 Å². The molecule has 0 unspecified atom stereocenters. The van der Waals surface area contributed by atoms with Crippen LogP contribution >= 0.6 is 12.6 Å². The van der Waals surface area contributed by atoms with Crippen molar-refractivity contribution in [2.24, 2.45) is 7.05 Å². The molecule has 0 atom stereocenters. The Balaban J connectivity index is 2.78. The van der Waals surface area contributed by atoms with Gasteiger partial charge in [-0.25, -0.2) is 0 Å². The zero-order chi connectivity index (χ0) is 8.97. The summed E-state index contributed by atoms with van der Waals surface area (Å²) in [6.07, 6.45) is 2.44. The molecule has 1 rings (SSSR count). The number of nitrogens with two attached hydrogens (primary N) is 1. The lowest BCUT2D eigenvalue weighted by Crippen LogP contribution is -1.98. The fourth-order valence-electron chi connectivity index (χ4n) is 0.757. The van der Waals surface area contributed by atoms with E-state index in [0.717, 1.165) is 17.7 Å². The lowest BCUT2D eigenvalue weighted by molar-refractivity contribution is 0.779. The molecule has 0 radical (unpaired) electrons. The van der Waals surface area contributed by atoms with Gasteiger partial charge in [-0.15, -0.1) is 0 Å². The summed E-state index contributed by atoms with van der Waals surface area (Å²) in [7, 11) is 1.79. The highest BCUT2D eigenvalue weighted by molar-refractivity contribution is 7.80. The van der Waals surface area contributed by atoms with Gasteiger partial charge < -0.3 is 5.73 Å². The van der Waals surface area contributed by atoms with E-state index in [1.807, 2.05) is 0 Å². The number of thiol groups is 1. The van der Waals surface area contributed by atoms with Gasteiger partial charge in [0.25, 0.3) is 0 Å². The minimum atomic E-state index is 0.613. The van der Waals surface area contributed by atoms with Crippen LogP contribution in [-0.4, -0.2) is 15.5 Å². The topological polar surface area (TPSA) is 43.8 Å². The Bertz CT molecular complexity index is 319. The second-order valence-corrected chi connectivity index (χ2v) is 2.79. The molecule has 0 saturated carbocycles. The fraction of sp³-hybridized carbons (Fsp3) is 0.375. The van der Waals surface area contributed by atoms with Crippen LogP contribution in [0.1, 0.15) is 12.0 Å². The predicted octanol–water partition coefficient (Wildman–Crippen LogP) is 0.674. The first-order chi connectivity index (χ1) is 5.75. The molecule has 0 aliphatic carbocycles. The highest BCUT2D eigenvalue weighted by Crippen LogP contribution is 2.06. The number of rotatable bonds is 1. The van der Waals surface area contributed by atoms with Gasteiger partial charge in [-0.2, -0.15) is 17.7 Å². The van der Waals surface area contributed by atoms with Crippen LogP contribution < -0.4 is 5.73 Å². The summed E-state index contributed by atoms with van der Waals surface area (Å²) in [5.41, 5.74) is 6.45. The predicted molar refractivity (Wildman–Crippen MR) is 53.0 cm³/mol. The molecular formula is C8H11N3S. The molecule has 0 fully saturated rings. The monoisotopic (exact) mass is 181 g/mol. The van der Waals surface area contributed by atoms with Crippen molar-refractivity contribution in [1.82, 2.24) is 9.78 Å². The fourth-order valence-corrected chi connectivity index (χ4v) is 0.869. The number of nitrogens with zero attached hydrogens (tertiary/aromatic N) is 2. The maximum Gasteiger partial charge on any atom is 0.137 e. The van der Waals surface area contributed by atoms with Crippen LogP contribution in [0.15, 0.2) is 6.20 Å². The van der Waals surface area contributed by atoms with Crippen LogP contribution in [0.5, 0.6) is 0 Å². The summed E-state index contributed by atoms with van der Waals surface area (Å²) in [5, 5.41) is 3.96. The van der Waals surface area contributed by atoms with E-state index < -0.39 is 0 Å². The quantitative estimate of drug-likeness (QED) is 0.494. The van der Waals surface area contributed by atoms with E-state index in [2.05, 4.69) is 29.6 Å². The Hall–Kier alpha value is -1.08. The molecule has 0 aromatic carbocycles. The first kappa shape index (κ1) is 9.01. The largest absolute Gasteiger partial charge is 0.383 e. The van der Waals surface area contributed by atoms with E-state index in [4.69, 9.17) is 5.73 Å². The van der Waals surface area contributed by atoms with Crippen LogP contribution in [0.2, 0.25) is 0 Å². The number of hydrogen-bond acceptors (Lipinski definition) is 3. The molecule has 0 amide bonds. The van der Waals surface area contributed by atoms with Crippen molar-refractivity contribution >= 4 is 18.4 Å². The number of aryl methyl sites for hydroxylation is 1. The van der Waals surface area contributed by atoms with Gasteiger partial charge in [0.05, 0.1) is 11.8 Å². The Morgan fingerprint density at radius 3 is 3.00 bits per heavy atom. The van der Waals surface area contributed by atoms with Crippen LogP contribution in [0, 0.1) is 11.8 Å². The molecule has 0 aliphatic heterocycles. The summed E-state index contributed by atoms with van der Waals surface area (Å²) in [5.74, 6) is 7.26. The van der Waals surface area contributed by atoms with Crippen molar-refractivity contribution in [1.29, 1.82) is 0 Å². The SMILES string of the molecule is Cn1ncc(C#CCCS)c1N. The zero-order valence-electron chi connectivity index (χ0n) is 6.91. The molecule has 0 spiro atoms. The Kier molecular flexibility index (Phi) is 3.06. The van der Waals surface area contributed by atoms with E-state index in [0.29, 0.717) is 5.82 Å². The first-order valence-corrected chi connectivity index (χ1v) is 4.26. The van der Waals surface area contributed by atoms with Gasteiger partial charge in [0.2, 0.25) is 0 Å². The number of nitrogen functional groups attached to an aromatic ring is 1. The summed E-state index contributed by atoms with van der Waals surface area (Å²) < 4.78 is 1.60. The van der Waals surface area contributed by atoms with Gasteiger partial charge in [-0.05, 0) is 0 Å². The van der Waals surface area contributed by atoms with E-state index in [1.54, 1.807) is 17.9 Å². The smallest absolute Gasteiger partial charge is 0.137 e. The standard InChI is InChI=1S/C8H11N3S/c1-11-8(9)7(6-10-11)4-2-3-5-12/h6,12H,3,5,9H2,1H3.